The molecular formula is C22H26N4O. The Balaban J connectivity index is 1.56. The lowest BCUT2D eigenvalue weighted by Gasteiger charge is -2.41. The number of amides is 1. The maximum absolute atomic E-state index is 12.9. The van der Waals surface area contributed by atoms with Crippen molar-refractivity contribution in [2.75, 3.05) is 26.7 Å². The summed E-state index contributed by atoms with van der Waals surface area (Å²) in [5.41, 5.74) is 3.89. The van der Waals surface area contributed by atoms with Crippen LogP contribution in [0.15, 0.2) is 54.9 Å². The number of rotatable bonds is 4. The van der Waals surface area contributed by atoms with Crippen molar-refractivity contribution >= 4 is 11.4 Å². The molecule has 5 heteroatoms. The van der Waals surface area contributed by atoms with E-state index in [2.05, 4.69) is 46.6 Å². The van der Waals surface area contributed by atoms with Crippen LogP contribution in [0.25, 0.3) is 5.52 Å². The molecule has 0 unspecified atom stereocenters. The molecule has 0 aliphatic carbocycles. The molecule has 140 valence electrons. The maximum atomic E-state index is 12.9. The van der Waals surface area contributed by atoms with E-state index < -0.39 is 0 Å². The molecule has 1 N–H and O–H groups in total. The van der Waals surface area contributed by atoms with Crippen molar-refractivity contribution < 1.29 is 4.79 Å². The van der Waals surface area contributed by atoms with Crippen molar-refractivity contribution in [1.82, 2.24) is 19.8 Å². The Bertz CT molecular complexity index is 939. The normalized spacial score (nSPS) is 17.1. The SMILES string of the molecule is Cc1ccc2c(C(=O)NCC3(c4ccccc4)CCN(C)CC3)cnn2c1. The minimum Gasteiger partial charge on any atom is -0.351 e. The molecule has 0 spiro atoms. The molecule has 1 aliphatic rings. The maximum Gasteiger partial charge on any atom is 0.255 e. The fraction of sp³-hybridized carbons (Fsp3) is 0.364. The number of carbonyl (C=O) groups is 1. The number of nitrogens with one attached hydrogen (secondary N) is 1. The van der Waals surface area contributed by atoms with Gasteiger partial charge in [0.1, 0.15) is 0 Å². The molecule has 0 radical (unpaired) electrons. The fourth-order valence-electron chi connectivity index (χ4n) is 4.01. The van der Waals surface area contributed by atoms with Gasteiger partial charge in [-0.1, -0.05) is 36.4 Å². The van der Waals surface area contributed by atoms with Crippen LogP contribution < -0.4 is 5.32 Å². The third-order valence-electron chi connectivity index (χ3n) is 5.83. The van der Waals surface area contributed by atoms with Gasteiger partial charge in [0.15, 0.2) is 0 Å². The van der Waals surface area contributed by atoms with Crippen LogP contribution in [0.2, 0.25) is 0 Å². The summed E-state index contributed by atoms with van der Waals surface area (Å²) in [6.45, 7) is 4.75. The van der Waals surface area contributed by atoms with Crippen molar-refractivity contribution in [2.45, 2.75) is 25.2 Å². The Morgan fingerprint density at radius 3 is 2.63 bits per heavy atom. The number of carbonyl (C=O) groups excluding carboxylic acids is 1. The first-order chi connectivity index (χ1) is 13.1. The molecule has 1 amide bonds. The summed E-state index contributed by atoms with van der Waals surface area (Å²) in [4.78, 5) is 15.3. The first-order valence-electron chi connectivity index (χ1n) is 9.54. The molecule has 3 aromatic rings. The summed E-state index contributed by atoms with van der Waals surface area (Å²) in [6, 6.07) is 14.6. The third-order valence-corrected chi connectivity index (χ3v) is 5.83. The van der Waals surface area contributed by atoms with Gasteiger partial charge >= 0.3 is 0 Å². The highest BCUT2D eigenvalue weighted by Crippen LogP contribution is 2.34. The minimum atomic E-state index is -0.0527. The minimum absolute atomic E-state index is 0.0109. The van der Waals surface area contributed by atoms with E-state index in [1.807, 2.05) is 31.3 Å². The molecule has 27 heavy (non-hydrogen) atoms. The molecule has 1 fully saturated rings. The van der Waals surface area contributed by atoms with Gasteiger partial charge < -0.3 is 10.2 Å². The number of pyridine rings is 1. The molecule has 0 bridgehead atoms. The lowest BCUT2D eigenvalue weighted by Crippen LogP contribution is -2.48. The zero-order valence-corrected chi connectivity index (χ0v) is 16.0. The van der Waals surface area contributed by atoms with Crippen LogP contribution in [0, 0.1) is 6.92 Å². The van der Waals surface area contributed by atoms with E-state index in [0.717, 1.165) is 37.0 Å². The molecule has 1 saturated heterocycles. The fourth-order valence-corrected chi connectivity index (χ4v) is 4.01. The topological polar surface area (TPSA) is 49.6 Å². The van der Waals surface area contributed by atoms with E-state index in [9.17, 15) is 4.79 Å². The summed E-state index contributed by atoms with van der Waals surface area (Å²) in [6.07, 6.45) is 5.69. The number of hydrogen-bond donors (Lipinski definition) is 1. The summed E-state index contributed by atoms with van der Waals surface area (Å²) in [7, 11) is 2.16. The van der Waals surface area contributed by atoms with Gasteiger partial charge in [-0.3, -0.25) is 4.79 Å². The van der Waals surface area contributed by atoms with E-state index >= 15 is 0 Å². The van der Waals surface area contributed by atoms with Crippen molar-refractivity contribution in [3.05, 3.63) is 71.5 Å². The summed E-state index contributed by atoms with van der Waals surface area (Å²) in [5.74, 6) is -0.0527. The van der Waals surface area contributed by atoms with Gasteiger partial charge in [0.2, 0.25) is 0 Å². The van der Waals surface area contributed by atoms with Gasteiger partial charge in [-0.05, 0) is 57.1 Å². The highest BCUT2D eigenvalue weighted by molar-refractivity contribution is 6.00. The molecular weight excluding hydrogens is 336 g/mol. The second-order valence-electron chi connectivity index (χ2n) is 7.73. The smallest absolute Gasteiger partial charge is 0.255 e. The van der Waals surface area contributed by atoms with Gasteiger partial charge in [-0.25, -0.2) is 4.52 Å². The van der Waals surface area contributed by atoms with E-state index in [4.69, 9.17) is 0 Å². The molecule has 1 aromatic carbocycles. The Morgan fingerprint density at radius 2 is 1.89 bits per heavy atom. The van der Waals surface area contributed by atoms with Crippen LogP contribution in [-0.4, -0.2) is 47.1 Å². The monoisotopic (exact) mass is 362 g/mol. The standard InChI is InChI=1S/C22H26N4O/c1-17-8-9-20-19(14-24-26(20)15-17)21(27)23-16-22(10-12-25(2)13-11-22)18-6-4-3-5-7-18/h3-9,14-15H,10-13,16H2,1-2H3,(H,23,27). The van der Waals surface area contributed by atoms with Crippen LogP contribution in [0.4, 0.5) is 0 Å². The zero-order valence-electron chi connectivity index (χ0n) is 16.0. The number of hydrogen-bond acceptors (Lipinski definition) is 3. The third kappa shape index (κ3) is 3.47. The Kier molecular flexibility index (Phi) is 4.70. The van der Waals surface area contributed by atoms with Gasteiger partial charge in [0.25, 0.3) is 5.91 Å². The average molecular weight is 362 g/mol. The number of aryl methyl sites for hydroxylation is 1. The lowest BCUT2D eigenvalue weighted by molar-refractivity contribution is 0.0929. The second-order valence-corrected chi connectivity index (χ2v) is 7.73. The predicted octanol–water partition coefficient (Wildman–Crippen LogP) is 3.04. The van der Waals surface area contributed by atoms with Crippen molar-refractivity contribution in [1.29, 1.82) is 0 Å². The lowest BCUT2D eigenvalue weighted by atomic mass is 9.72. The van der Waals surface area contributed by atoms with Gasteiger partial charge in [-0.2, -0.15) is 5.10 Å². The number of likely N-dealkylation sites (tertiary alicyclic amines) is 1. The van der Waals surface area contributed by atoms with Crippen molar-refractivity contribution in [3.63, 3.8) is 0 Å². The van der Waals surface area contributed by atoms with Crippen LogP contribution in [0.3, 0.4) is 0 Å². The quantitative estimate of drug-likeness (QED) is 0.776. The molecule has 2 aromatic heterocycles. The highest BCUT2D eigenvalue weighted by atomic mass is 16.1. The van der Waals surface area contributed by atoms with Crippen LogP contribution in [0.5, 0.6) is 0 Å². The summed E-state index contributed by atoms with van der Waals surface area (Å²) in [5, 5.41) is 7.53. The molecule has 4 rings (SSSR count). The van der Waals surface area contributed by atoms with E-state index in [1.165, 1.54) is 5.56 Å². The average Bonchev–Trinajstić information content (AvgIpc) is 3.11. The van der Waals surface area contributed by atoms with Gasteiger partial charge in [-0.15, -0.1) is 0 Å². The van der Waals surface area contributed by atoms with E-state index in [-0.39, 0.29) is 11.3 Å². The second kappa shape index (κ2) is 7.16. The van der Waals surface area contributed by atoms with Crippen LogP contribution in [0.1, 0.15) is 34.3 Å². The Morgan fingerprint density at radius 1 is 1.15 bits per heavy atom. The number of aromatic nitrogens is 2. The number of benzene rings is 1. The van der Waals surface area contributed by atoms with E-state index in [0.29, 0.717) is 12.1 Å². The molecule has 0 atom stereocenters. The number of fused-ring (bicyclic) bond motifs is 1. The summed E-state index contributed by atoms with van der Waals surface area (Å²) < 4.78 is 1.77. The largest absolute Gasteiger partial charge is 0.351 e. The van der Waals surface area contributed by atoms with Crippen molar-refractivity contribution in [2.24, 2.45) is 0 Å². The first-order valence-corrected chi connectivity index (χ1v) is 9.54. The van der Waals surface area contributed by atoms with Gasteiger partial charge in [0.05, 0.1) is 17.3 Å². The highest BCUT2D eigenvalue weighted by Gasteiger charge is 2.35. The predicted molar refractivity (Wildman–Crippen MR) is 107 cm³/mol. The molecule has 3 heterocycles. The number of nitrogens with zero attached hydrogens (tertiary/aromatic N) is 3. The molecule has 0 saturated carbocycles. The number of piperidine rings is 1. The van der Waals surface area contributed by atoms with E-state index in [1.54, 1.807) is 10.7 Å². The van der Waals surface area contributed by atoms with Crippen molar-refractivity contribution in [3.8, 4) is 0 Å². The molecule has 1 aliphatic heterocycles. The zero-order chi connectivity index (χ0) is 18.9. The van der Waals surface area contributed by atoms with Crippen LogP contribution >= 0.6 is 0 Å². The van der Waals surface area contributed by atoms with Crippen LogP contribution in [-0.2, 0) is 5.41 Å². The molecule has 5 nitrogen and oxygen atoms in total. The Hall–Kier alpha value is -2.66. The first kappa shape index (κ1) is 17.7. The van der Waals surface area contributed by atoms with Gasteiger partial charge in [0, 0.05) is 18.2 Å². The summed E-state index contributed by atoms with van der Waals surface area (Å²) >= 11 is 0. The Labute approximate surface area is 160 Å².